The van der Waals surface area contributed by atoms with Gasteiger partial charge in [0.2, 0.25) is 10.0 Å². The molecule has 114 valence electrons. The Labute approximate surface area is 109 Å². The molecule has 0 saturated carbocycles. The second kappa shape index (κ2) is 7.65. The van der Waals surface area contributed by atoms with Crippen LogP contribution in [-0.4, -0.2) is 62.5 Å². The van der Waals surface area contributed by atoms with Crippen LogP contribution in [-0.2, 0) is 19.6 Å². The number of hydrogen-bond donors (Lipinski definition) is 1. The van der Waals surface area contributed by atoms with Gasteiger partial charge in [0.15, 0.2) is 0 Å². The molecule has 0 aliphatic rings. The number of carbonyl (C=O) groups is 1. The van der Waals surface area contributed by atoms with Crippen LogP contribution in [0.5, 0.6) is 0 Å². The molecule has 0 amide bonds. The van der Waals surface area contributed by atoms with Crippen LogP contribution in [0, 0.1) is 0 Å². The van der Waals surface area contributed by atoms with Crippen molar-refractivity contribution >= 4 is 16.0 Å². The van der Waals surface area contributed by atoms with Gasteiger partial charge in [0.05, 0.1) is 19.5 Å². The van der Waals surface area contributed by atoms with Gasteiger partial charge in [0.25, 0.3) is 0 Å². The summed E-state index contributed by atoms with van der Waals surface area (Å²) >= 11 is 0. The number of alkyl halides is 3. The second-order valence-corrected chi connectivity index (χ2v) is 5.76. The van der Waals surface area contributed by atoms with Gasteiger partial charge in [-0.1, -0.05) is 0 Å². The van der Waals surface area contributed by atoms with Crippen molar-refractivity contribution in [3.63, 3.8) is 0 Å². The number of hydrogen-bond acceptors (Lipinski definition) is 5. The van der Waals surface area contributed by atoms with Crippen LogP contribution in [0.2, 0.25) is 0 Å². The SMILES string of the molecule is COC(=O)CCCS(=O)(=O)N(CCO)CC(F)(F)F. The minimum atomic E-state index is -4.69. The Bertz CT molecular complexity index is 382. The third-order valence-corrected chi connectivity index (χ3v) is 4.01. The van der Waals surface area contributed by atoms with Crippen LogP contribution in [0.25, 0.3) is 0 Å². The van der Waals surface area contributed by atoms with Crippen molar-refractivity contribution in [2.75, 3.05) is 32.6 Å². The molecule has 0 saturated heterocycles. The number of methoxy groups -OCH3 is 1. The molecule has 0 aliphatic carbocycles. The average Bonchev–Trinajstić information content (AvgIpc) is 2.26. The summed E-state index contributed by atoms with van der Waals surface area (Å²) in [4.78, 5) is 10.8. The van der Waals surface area contributed by atoms with E-state index in [0.29, 0.717) is 0 Å². The van der Waals surface area contributed by atoms with Crippen molar-refractivity contribution in [2.45, 2.75) is 19.0 Å². The number of aliphatic hydroxyl groups is 1. The molecule has 0 heterocycles. The number of aliphatic hydroxyl groups excluding tert-OH is 1. The normalized spacial score (nSPS) is 12.7. The van der Waals surface area contributed by atoms with Crippen LogP contribution in [0.1, 0.15) is 12.8 Å². The molecule has 0 rings (SSSR count). The maximum atomic E-state index is 12.2. The van der Waals surface area contributed by atoms with E-state index in [2.05, 4.69) is 4.74 Å². The van der Waals surface area contributed by atoms with Gasteiger partial charge in [-0.3, -0.25) is 4.79 Å². The number of ether oxygens (including phenoxy) is 1. The fraction of sp³-hybridized carbons (Fsp3) is 0.889. The zero-order valence-electron chi connectivity index (χ0n) is 10.3. The smallest absolute Gasteiger partial charge is 0.402 e. The Morgan fingerprint density at radius 3 is 2.37 bits per heavy atom. The average molecular weight is 307 g/mol. The van der Waals surface area contributed by atoms with E-state index >= 15 is 0 Å². The van der Waals surface area contributed by atoms with E-state index in [9.17, 15) is 26.4 Å². The molecule has 0 spiro atoms. The van der Waals surface area contributed by atoms with Crippen LogP contribution in [0.4, 0.5) is 13.2 Å². The van der Waals surface area contributed by atoms with Gasteiger partial charge < -0.3 is 9.84 Å². The van der Waals surface area contributed by atoms with E-state index in [1.807, 2.05) is 0 Å². The quantitative estimate of drug-likeness (QED) is 0.644. The van der Waals surface area contributed by atoms with Crippen LogP contribution in [0.3, 0.4) is 0 Å². The van der Waals surface area contributed by atoms with Crippen molar-refractivity contribution in [1.82, 2.24) is 4.31 Å². The largest absolute Gasteiger partial charge is 0.469 e. The number of rotatable bonds is 8. The molecule has 0 aliphatic heterocycles. The monoisotopic (exact) mass is 307 g/mol. The fourth-order valence-electron chi connectivity index (χ4n) is 1.26. The Balaban J connectivity index is 4.57. The highest BCUT2D eigenvalue weighted by molar-refractivity contribution is 7.89. The zero-order valence-corrected chi connectivity index (χ0v) is 11.1. The summed E-state index contributed by atoms with van der Waals surface area (Å²) in [7, 11) is -3.05. The minimum absolute atomic E-state index is 0.144. The molecule has 0 aromatic carbocycles. The first-order valence-electron chi connectivity index (χ1n) is 5.34. The van der Waals surface area contributed by atoms with E-state index in [4.69, 9.17) is 5.11 Å². The number of nitrogens with zero attached hydrogens (tertiary/aromatic N) is 1. The maximum Gasteiger partial charge on any atom is 0.402 e. The van der Waals surface area contributed by atoms with Crippen molar-refractivity contribution < 1.29 is 36.2 Å². The Morgan fingerprint density at radius 1 is 1.37 bits per heavy atom. The lowest BCUT2D eigenvalue weighted by Crippen LogP contribution is -2.41. The number of halogens is 3. The molecule has 1 N–H and O–H groups in total. The lowest BCUT2D eigenvalue weighted by molar-refractivity contribution is -0.140. The van der Waals surface area contributed by atoms with Gasteiger partial charge >= 0.3 is 12.1 Å². The molecular weight excluding hydrogens is 291 g/mol. The molecule has 19 heavy (non-hydrogen) atoms. The third kappa shape index (κ3) is 8.01. The van der Waals surface area contributed by atoms with Crippen molar-refractivity contribution in [3.8, 4) is 0 Å². The molecule has 6 nitrogen and oxygen atoms in total. The highest BCUT2D eigenvalue weighted by Gasteiger charge is 2.35. The molecule has 0 radical (unpaired) electrons. The van der Waals surface area contributed by atoms with E-state index < -0.39 is 47.6 Å². The van der Waals surface area contributed by atoms with Gasteiger partial charge in [-0.05, 0) is 6.42 Å². The van der Waals surface area contributed by atoms with E-state index in [1.165, 1.54) is 0 Å². The predicted molar refractivity (Wildman–Crippen MR) is 59.8 cm³/mol. The van der Waals surface area contributed by atoms with Gasteiger partial charge in [-0.15, -0.1) is 0 Å². The van der Waals surface area contributed by atoms with Gasteiger partial charge in [-0.25, -0.2) is 8.42 Å². The van der Waals surface area contributed by atoms with E-state index in [-0.39, 0.29) is 17.1 Å². The Kier molecular flexibility index (Phi) is 7.30. The van der Waals surface area contributed by atoms with Crippen molar-refractivity contribution in [1.29, 1.82) is 0 Å². The summed E-state index contributed by atoms with van der Waals surface area (Å²) in [6.45, 7) is -3.01. The Morgan fingerprint density at radius 2 is 1.95 bits per heavy atom. The molecular formula is C9H16F3NO5S. The van der Waals surface area contributed by atoms with Gasteiger partial charge in [-0.2, -0.15) is 17.5 Å². The first-order valence-corrected chi connectivity index (χ1v) is 6.95. The molecule has 0 bridgehead atoms. The summed E-state index contributed by atoms with van der Waals surface area (Å²) in [6, 6.07) is 0. The van der Waals surface area contributed by atoms with Gasteiger partial charge in [0, 0.05) is 13.0 Å². The van der Waals surface area contributed by atoms with E-state index in [1.54, 1.807) is 0 Å². The third-order valence-electron chi connectivity index (χ3n) is 2.11. The summed E-state index contributed by atoms with van der Waals surface area (Å²) in [6.07, 6.45) is -5.03. The van der Waals surface area contributed by atoms with Crippen LogP contribution >= 0.6 is 0 Å². The molecule has 0 aromatic rings. The van der Waals surface area contributed by atoms with Crippen molar-refractivity contribution in [2.24, 2.45) is 0 Å². The maximum absolute atomic E-state index is 12.2. The highest BCUT2D eigenvalue weighted by Crippen LogP contribution is 2.19. The first-order chi connectivity index (χ1) is 8.62. The summed E-state index contributed by atoms with van der Waals surface area (Å²) in [5, 5.41) is 8.60. The van der Waals surface area contributed by atoms with Crippen LogP contribution < -0.4 is 0 Å². The lowest BCUT2D eigenvalue weighted by atomic mass is 10.3. The van der Waals surface area contributed by atoms with Crippen molar-refractivity contribution in [3.05, 3.63) is 0 Å². The Hall–Kier alpha value is -0.870. The molecule has 0 atom stereocenters. The predicted octanol–water partition coefficient (Wildman–Crippen LogP) is 0.126. The molecule has 0 fully saturated rings. The van der Waals surface area contributed by atoms with E-state index in [0.717, 1.165) is 7.11 Å². The minimum Gasteiger partial charge on any atom is -0.469 e. The molecule has 0 unspecified atom stereocenters. The summed E-state index contributed by atoms with van der Waals surface area (Å²) < 4.78 is 64.3. The molecule has 0 aromatic heterocycles. The molecule has 10 heteroatoms. The second-order valence-electron chi connectivity index (χ2n) is 3.67. The number of sulfonamides is 1. The number of carbonyl (C=O) groups excluding carboxylic acids is 1. The van der Waals surface area contributed by atoms with Gasteiger partial charge in [0.1, 0.15) is 6.54 Å². The summed E-state index contributed by atoms with van der Waals surface area (Å²) in [5.74, 6) is -1.25. The standard InChI is InChI=1S/C9H16F3NO5S/c1-18-8(15)3-2-6-19(16,17)13(4-5-14)7-9(10,11)12/h14H,2-7H2,1H3. The summed E-state index contributed by atoms with van der Waals surface area (Å²) in [5.41, 5.74) is 0. The van der Waals surface area contributed by atoms with Crippen LogP contribution in [0.15, 0.2) is 0 Å². The number of esters is 1. The highest BCUT2D eigenvalue weighted by atomic mass is 32.2. The topological polar surface area (TPSA) is 83.9 Å². The zero-order chi connectivity index (χ0) is 15.1. The fourth-order valence-corrected chi connectivity index (χ4v) is 2.73. The first kappa shape index (κ1) is 18.1. The lowest BCUT2D eigenvalue weighted by Gasteiger charge is -2.22.